The van der Waals surface area contributed by atoms with Crippen molar-refractivity contribution in [3.8, 4) is 5.75 Å². The summed E-state index contributed by atoms with van der Waals surface area (Å²) >= 11 is 1.09. The third-order valence-corrected chi connectivity index (χ3v) is 5.82. The molecule has 0 unspecified atom stereocenters. The fraction of sp³-hybridized carbons (Fsp3) is 0.0870. The number of fused-ring (bicyclic) bond motifs is 1. The lowest BCUT2D eigenvalue weighted by Gasteiger charge is -2.18. The number of ether oxygens (including phenoxy) is 1. The second-order valence-electron chi connectivity index (χ2n) is 7.14. The number of benzene rings is 2. The highest BCUT2D eigenvalue weighted by molar-refractivity contribution is 8.13. The van der Waals surface area contributed by atoms with Gasteiger partial charge in [-0.05, 0) is 48.5 Å². The predicted molar refractivity (Wildman–Crippen MR) is 126 cm³/mol. The van der Waals surface area contributed by atoms with Gasteiger partial charge < -0.3 is 9.15 Å². The van der Waals surface area contributed by atoms with Crippen molar-refractivity contribution in [3.63, 3.8) is 0 Å². The Bertz CT molecular complexity index is 1500. The molecule has 1 aliphatic heterocycles. The molecular weight excluding hydrogens is 480 g/mol. The van der Waals surface area contributed by atoms with Gasteiger partial charge in [0.2, 0.25) is 0 Å². The summed E-state index contributed by atoms with van der Waals surface area (Å²) in [5.74, 6) is -0.0465. The number of amides is 1. The largest absolute Gasteiger partial charge is 0.465 e. The van der Waals surface area contributed by atoms with Crippen molar-refractivity contribution >= 4 is 45.5 Å². The fourth-order valence-electron chi connectivity index (χ4n) is 3.33. The van der Waals surface area contributed by atoms with Gasteiger partial charge in [-0.15, -0.1) is 5.10 Å². The number of amidine groups is 1. The predicted octanol–water partition coefficient (Wildman–Crippen LogP) is 4.12. The van der Waals surface area contributed by atoms with Crippen molar-refractivity contribution in [1.29, 1.82) is 0 Å². The summed E-state index contributed by atoms with van der Waals surface area (Å²) in [6, 6.07) is 15.8. The van der Waals surface area contributed by atoms with Crippen LogP contribution in [-0.4, -0.2) is 32.7 Å². The number of aromatic nitrogens is 3. The van der Waals surface area contributed by atoms with E-state index in [2.05, 4.69) is 20.0 Å². The zero-order chi connectivity index (χ0) is 24.4. The van der Waals surface area contributed by atoms with Crippen LogP contribution in [0.3, 0.4) is 0 Å². The highest BCUT2D eigenvalue weighted by Gasteiger charge is 2.32. The molecule has 0 radical (unpaired) electrons. The van der Waals surface area contributed by atoms with Crippen LogP contribution in [0.15, 0.2) is 86.8 Å². The number of hydrogen-bond donors (Lipinski definition) is 0. The van der Waals surface area contributed by atoms with Gasteiger partial charge in [-0.25, -0.2) is 4.99 Å². The number of rotatable bonds is 6. The zero-order valence-electron chi connectivity index (χ0n) is 17.7. The third kappa shape index (κ3) is 4.68. The monoisotopic (exact) mass is 495 g/mol. The number of thioether (sulfide) groups is 1. The van der Waals surface area contributed by atoms with Crippen LogP contribution in [0.5, 0.6) is 5.75 Å². The van der Waals surface area contributed by atoms with Crippen molar-refractivity contribution in [2.24, 2.45) is 4.99 Å². The Morgan fingerprint density at radius 2 is 1.86 bits per heavy atom. The first kappa shape index (κ1) is 22.5. The summed E-state index contributed by atoms with van der Waals surface area (Å²) in [5, 5.41) is 8.69. The molecule has 0 bridgehead atoms. The topological polar surface area (TPSA) is 103 Å². The number of halogens is 2. The quantitative estimate of drug-likeness (QED) is 0.371. The maximum Gasteiger partial charge on any atom is 0.387 e. The SMILES string of the molecule is O=C1/C(=C\c2ccco2)N=C(SCn2nnc3ccccc3c2=O)N1c1ccc(OC(F)F)cc1. The summed E-state index contributed by atoms with van der Waals surface area (Å²) in [6.07, 6.45) is 2.95. The van der Waals surface area contributed by atoms with E-state index >= 15 is 0 Å². The second kappa shape index (κ2) is 9.50. The van der Waals surface area contributed by atoms with E-state index in [0.29, 0.717) is 22.4 Å². The van der Waals surface area contributed by atoms with Crippen LogP contribution in [0.4, 0.5) is 14.5 Å². The van der Waals surface area contributed by atoms with Crippen molar-refractivity contribution in [3.05, 3.63) is 88.7 Å². The minimum absolute atomic E-state index is 0.0277. The van der Waals surface area contributed by atoms with Crippen molar-refractivity contribution in [2.75, 3.05) is 4.90 Å². The van der Waals surface area contributed by atoms with Crippen LogP contribution in [0.1, 0.15) is 5.76 Å². The van der Waals surface area contributed by atoms with Gasteiger partial charge in [-0.1, -0.05) is 29.1 Å². The number of carbonyl (C=O) groups excluding carboxylic acids is 1. The molecule has 2 aromatic heterocycles. The molecule has 4 aromatic rings. The molecule has 0 atom stereocenters. The van der Waals surface area contributed by atoms with Gasteiger partial charge in [0.05, 0.1) is 23.2 Å². The van der Waals surface area contributed by atoms with E-state index in [1.54, 1.807) is 36.4 Å². The van der Waals surface area contributed by atoms with E-state index in [-0.39, 0.29) is 28.1 Å². The Hall–Kier alpha value is -4.32. The zero-order valence-corrected chi connectivity index (χ0v) is 18.6. The molecule has 2 aromatic carbocycles. The van der Waals surface area contributed by atoms with E-state index in [9.17, 15) is 18.4 Å². The fourth-order valence-corrected chi connectivity index (χ4v) is 4.22. The number of nitrogens with zero attached hydrogens (tertiary/aromatic N) is 5. The minimum atomic E-state index is -2.97. The van der Waals surface area contributed by atoms with Gasteiger partial charge in [0.15, 0.2) is 5.17 Å². The number of hydrogen-bond acceptors (Lipinski definition) is 8. The Morgan fingerprint density at radius 1 is 1.06 bits per heavy atom. The highest BCUT2D eigenvalue weighted by Crippen LogP contribution is 2.31. The molecular formula is C23H15F2N5O4S. The molecule has 0 spiro atoms. The Morgan fingerprint density at radius 3 is 2.60 bits per heavy atom. The van der Waals surface area contributed by atoms with Gasteiger partial charge in [0.25, 0.3) is 11.5 Å². The van der Waals surface area contributed by atoms with Crippen LogP contribution < -0.4 is 15.2 Å². The van der Waals surface area contributed by atoms with Crippen LogP contribution in [0, 0.1) is 0 Å². The molecule has 9 nitrogen and oxygen atoms in total. The number of furan rings is 1. The smallest absolute Gasteiger partial charge is 0.387 e. The lowest BCUT2D eigenvalue weighted by molar-refractivity contribution is -0.113. The lowest BCUT2D eigenvalue weighted by atomic mass is 10.2. The first-order valence-electron chi connectivity index (χ1n) is 10.2. The van der Waals surface area contributed by atoms with E-state index in [0.717, 1.165) is 11.8 Å². The molecule has 35 heavy (non-hydrogen) atoms. The lowest BCUT2D eigenvalue weighted by Crippen LogP contribution is -2.31. The van der Waals surface area contributed by atoms with Crippen LogP contribution in [0.25, 0.3) is 17.0 Å². The number of anilines is 1. The van der Waals surface area contributed by atoms with Crippen molar-refractivity contribution in [1.82, 2.24) is 15.0 Å². The molecule has 0 saturated carbocycles. The molecule has 176 valence electrons. The molecule has 0 aliphatic carbocycles. The first-order valence-corrected chi connectivity index (χ1v) is 11.2. The van der Waals surface area contributed by atoms with Crippen LogP contribution in [0.2, 0.25) is 0 Å². The molecule has 1 aliphatic rings. The Kier molecular flexibility index (Phi) is 6.10. The standard InChI is InChI=1S/C23H15F2N5O4S/c24-22(25)34-15-9-7-14(8-10-15)30-21(32)19(12-16-4-3-11-33-16)26-23(30)35-13-29-20(31)17-5-1-2-6-18(17)27-28-29/h1-12,22H,13H2/b19-12+. The molecule has 5 rings (SSSR count). The molecule has 0 fully saturated rings. The Balaban J connectivity index is 1.46. The Labute approximate surface area is 200 Å². The number of carbonyl (C=O) groups is 1. The average Bonchev–Trinajstić information content (AvgIpc) is 3.47. The summed E-state index contributed by atoms with van der Waals surface area (Å²) in [7, 11) is 0. The number of alkyl halides is 2. The van der Waals surface area contributed by atoms with Crippen LogP contribution in [-0.2, 0) is 10.7 Å². The van der Waals surface area contributed by atoms with E-state index < -0.39 is 12.5 Å². The summed E-state index contributed by atoms with van der Waals surface area (Å²) in [6.45, 7) is -2.97. The van der Waals surface area contributed by atoms with E-state index in [1.807, 2.05) is 0 Å². The summed E-state index contributed by atoms with van der Waals surface area (Å²) in [5.41, 5.74) is 0.623. The minimum Gasteiger partial charge on any atom is -0.465 e. The number of aliphatic imine (C=N–C) groups is 1. The van der Waals surface area contributed by atoms with Gasteiger partial charge in [-0.3, -0.25) is 14.5 Å². The summed E-state index contributed by atoms with van der Waals surface area (Å²) in [4.78, 5) is 31.7. The molecule has 12 heteroatoms. The molecule has 3 heterocycles. The van der Waals surface area contributed by atoms with Crippen molar-refractivity contribution in [2.45, 2.75) is 12.5 Å². The highest BCUT2D eigenvalue weighted by atomic mass is 32.2. The third-order valence-electron chi connectivity index (χ3n) is 4.92. The van der Waals surface area contributed by atoms with Gasteiger partial charge in [-0.2, -0.15) is 13.5 Å². The van der Waals surface area contributed by atoms with Crippen molar-refractivity contribution < 1.29 is 22.7 Å². The molecule has 0 saturated heterocycles. The summed E-state index contributed by atoms with van der Waals surface area (Å²) < 4.78 is 35.8. The first-order chi connectivity index (χ1) is 17.0. The van der Waals surface area contributed by atoms with Gasteiger partial charge >= 0.3 is 6.61 Å². The second-order valence-corrected chi connectivity index (χ2v) is 8.05. The maximum atomic E-state index is 13.2. The normalized spacial score (nSPS) is 14.8. The average molecular weight is 495 g/mol. The molecule has 0 N–H and O–H groups in total. The molecule has 1 amide bonds. The van der Waals surface area contributed by atoms with Gasteiger partial charge in [0.1, 0.15) is 22.7 Å². The van der Waals surface area contributed by atoms with E-state index in [4.69, 9.17) is 4.42 Å². The van der Waals surface area contributed by atoms with Gasteiger partial charge in [0, 0.05) is 6.08 Å². The maximum absolute atomic E-state index is 13.2. The van der Waals surface area contributed by atoms with E-state index in [1.165, 1.54) is 46.2 Å². The van der Waals surface area contributed by atoms with Crippen LogP contribution >= 0.6 is 11.8 Å².